The van der Waals surface area contributed by atoms with Crippen LogP contribution in [-0.4, -0.2) is 41.8 Å². The van der Waals surface area contributed by atoms with E-state index in [0.29, 0.717) is 0 Å². The zero-order chi connectivity index (χ0) is 11.1. The zero-order valence-corrected chi connectivity index (χ0v) is 10.7. The minimum Gasteiger partial charge on any atom is -0.444 e. The Morgan fingerprint density at radius 1 is 1.31 bits per heavy atom. The number of carbonyl (C=O) groups is 1. The fourth-order valence-electron chi connectivity index (χ4n) is 1.99. The number of nitrogens with zero attached hydrogens (tertiary/aromatic N) is 1. The van der Waals surface area contributed by atoms with Gasteiger partial charge in [-0.3, -0.25) is 4.90 Å². The van der Waals surface area contributed by atoms with Gasteiger partial charge in [0, 0.05) is 13.1 Å². The van der Waals surface area contributed by atoms with Gasteiger partial charge in [-0.1, -0.05) is 12.2 Å². The molecule has 0 unspecified atom stereocenters. The molecule has 0 aromatic rings. The first-order valence-corrected chi connectivity index (χ1v) is 5.38. The number of fused-ring (bicyclic) bond motifs is 2. The minimum absolute atomic E-state index is 0. The van der Waals surface area contributed by atoms with Gasteiger partial charge >= 0.3 is 6.09 Å². The highest BCUT2D eigenvalue weighted by atomic mass is 35.5. The molecule has 2 heterocycles. The third kappa shape index (κ3) is 2.68. The smallest absolute Gasteiger partial charge is 0.411 e. The number of rotatable bonds is 0. The molecule has 0 radical (unpaired) electrons. The highest BCUT2D eigenvalue weighted by Gasteiger charge is 2.37. The summed E-state index contributed by atoms with van der Waals surface area (Å²) in [6.45, 7) is 7.33. The number of nitrogens with one attached hydrogen (secondary N) is 1. The lowest BCUT2D eigenvalue weighted by molar-refractivity contribution is 0.0128. The maximum absolute atomic E-state index is 11.9. The zero-order valence-electron chi connectivity index (χ0n) is 9.90. The first-order chi connectivity index (χ1) is 6.97. The second-order valence-electron chi connectivity index (χ2n) is 5.07. The molecule has 0 aliphatic carbocycles. The van der Waals surface area contributed by atoms with Gasteiger partial charge in [0.25, 0.3) is 0 Å². The number of carbonyl (C=O) groups excluding carboxylic acids is 1. The maximum atomic E-state index is 11.9. The van der Waals surface area contributed by atoms with E-state index in [-0.39, 0.29) is 30.6 Å². The Morgan fingerprint density at radius 2 is 1.81 bits per heavy atom. The van der Waals surface area contributed by atoms with Gasteiger partial charge in [-0.15, -0.1) is 12.4 Å². The third-order valence-electron chi connectivity index (χ3n) is 2.58. The van der Waals surface area contributed by atoms with Crippen molar-refractivity contribution in [1.82, 2.24) is 10.2 Å². The van der Waals surface area contributed by atoms with E-state index in [1.54, 1.807) is 0 Å². The molecular weight excluding hydrogens is 228 g/mol. The molecule has 2 rings (SSSR count). The van der Waals surface area contributed by atoms with Crippen molar-refractivity contribution in [2.75, 3.05) is 13.1 Å². The van der Waals surface area contributed by atoms with Crippen LogP contribution in [0.2, 0.25) is 0 Å². The number of amides is 1. The molecule has 2 aliphatic heterocycles. The summed E-state index contributed by atoms with van der Waals surface area (Å²) >= 11 is 0. The highest BCUT2D eigenvalue weighted by Crippen LogP contribution is 2.22. The molecule has 0 spiro atoms. The van der Waals surface area contributed by atoms with Crippen LogP contribution in [-0.2, 0) is 4.74 Å². The van der Waals surface area contributed by atoms with Crippen molar-refractivity contribution >= 4 is 18.5 Å². The van der Waals surface area contributed by atoms with Crippen molar-refractivity contribution < 1.29 is 9.53 Å². The molecule has 1 N–H and O–H groups in total. The molecule has 0 aromatic carbocycles. The second-order valence-corrected chi connectivity index (χ2v) is 5.07. The van der Waals surface area contributed by atoms with E-state index >= 15 is 0 Å². The molecule has 92 valence electrons. The summed E-state index contributed by atoms with van der Waals surface area (Å²) in [5.41, 5.74) is -0.415. The van der Waals surface area contributed by atoms with Crippen molar-refractivity contribution in [3.63, 3.8) is 0 Å². The van der Waals surface area contributed by atoms with Crippen molar-refractivity contribution in [3.8, 4) is 0 Å². The Balaban J connectivity index is 0.00000128. The summed E-state index contributed by atoms with van der Waals surface area (Å²) in [6, 6.07) is 0.331. The van der Waals surface area contributed by atoms with Gasteiger partial charge < -0.3 is 10.1 Å². The minimum atomic E-state index is -0.415. The van der Waals surface area contributed by atoms with Gasteiger partial charge in [0.1, 0.15) is 5.60 Å². The predicted molar refractivity (Wildman–Crippen MR) is 64.9 cm³/mol. The van der Waals surface area contributed by atoms with Gasteiger partial charge in [-0.2, -0.15) is 0 Å². The number of hydrogen-bond donors (Lipinski definition) is 1. The van der Waals surface area contributed by atoms with E-state index in [2.05, 4.69) is 17.5 Å². The largest absolute Gasteiger partial charge is 0.444 e. The lowest BCUT2D eigenvalue weighted by atomic mass is 10.2. The molecular formula is C11H19ClN2O2. The number of halogens is 1. The highest BCUT2D eigenvalue weighted by molar-refractivity contribution is 5.85. The molecule has 16 heavy (non-hydrogen) atoms. The average molecular weight is 247 g/mol. The normalized spacial score (nSPS) is 27.6. The standard InChI is InChI=1S/C11H18N2O2.ClH/c1-11(2,3)15-10(14)13-8-4-5-9(13)7-12-6-8;/h4-5,8-9,12H,6-7H2,1-3H3;1H/t8-,9+;. The van der Waals surface area contributed by atoms with E-state index in [0.717, 1.165) is 13.1 Å². The first kappa shape index (κ1) is 13.3. The van der Waals surface area contributed by atoms with E-state index in [1.165, 1.54) is 0 Å². The average Bonchev–Trinajstić information content (AvgIpc) is 2.34. The van der Waals surface area contributed by atoms with Gasteiger partial charge in [0.15, 0.2) is 0 Å². The Hall–Kier alpha value is -0.740. The molecule has 2 atom stereocenters. The lowest BCUT2D eigenvalue weighted by Crippen LogP contribution is -2.55. The van der Waals surface area contributed by atoms with Crippen LogP contribution in [0.4, 0.5) is 4.79 Å². The van der Waals surface area contributed by atoms with Crippen molar-refractivity contribution in [2.24, 2.45) is 0 Å². The number of hydrogen-bond acceptors (Lipinski definition) is 3. The molecule has 5 heteroatoms. The summed E-state index contributed by atoms with van der Waals surface area (Å²) in [5, 5.41) is 3.28. The SMILES string of the molecule is CC(C)(C)OC(=O)N1[C@@H]2C=C[C@H]1CNC2.Cl. The molecule has 4 nitrogen and oxygen atoms in total. The van der Waals surface area contributed by atoms with Crippen LogP contribution >= 0.6 is 12.4 Å². The van der Waals surface area contributed by atoms with Crippen LogP contribution in [0.3, 0.4) is 0 Å². The number of piperazine rings is 1. The van der Waals surface area contributed by atoms with Crippen LogP contribution in [0, 0.1) is 0 Å². The molecule has 1 saturated heterocycles. The van der Waals surface area contributed by atoms with Crippen LogP contribution in [0.5, 0.6) is 0 Å². The summed E-state index contributed by atoms with van der Waals surface area (Å²) in [6.07, 6.45) is 3.95. The quantitative estimate of drug-likeness (QED) is 0.660. The van der Waals surface area contributed by atoms with Gasteiger partial charge in [0.2, 0.25) is 0 Å². The van der Waals surface area contributed by atoms with Crippen molar-refractivity contribution in [2.45, 2.75) is 38.5 Å². The van der Waals surface area contributed by atoms with Crippen molar-refractivity contribution in [3.05, 3.63) is 12.2 Å². The van der Waals surface area contributed by atoms with Crippen LogP contribution in [0.15, 0.2) is 12.2 Å². The maximum Gasteiger partial charge on any atom is 0.411 e. The first-order valence-electron chi connectivity index (χ1n) is 5.38. The van der Waals surface area contributed by atoms with E-state index in [4.69, 9.17) is 4.74 Å². The molecule has 1 amide bonds. The molecule has 0 saturated carbocycles. The third-order valence-corrected chi connectivity index (χ3v) is 2.58. The predicted octanol–water partition coefficient (Wildman–Crippen LogP) is 1.56. The molecule has 2 bridgehead atoms. The fraction of sp³-hybridized carbons (Fsp3) is 0.727. The Kier molecular flexibility index (Phi) is 3.86. The van der Waals surface area contributed by atoms with Gasteiger partial charge in [-0.25, -0.2) is 4.79 Å². The van der Waals surface area contributed by atoms with Crippen LogP contribution in [0.25, 0.3) is 0 Å². The summed E-state index contributed by atoms with van der Waals surface area (Å²) in [5.74, 6) is 0. The number of ether oxygens (including phenoxy) is 1. The summed E-state index contributed by atoms with van der Waals surface area (Å²) in [4.78, 5) is 13.7. The Bertz CT molecular complexity index is 285. The Labute approximate surface area is 102 Å². The van der Waals surface area contributed by atoms with Crippen LogP contribution < -0.4 is 5.32 Å². The second kappa shape index (κ2) is 4.63. The summed E-state index contributed by atoms with van der Waals surface area (Å²) in [7, 11) is 0. The Morgan fingerprint density at radius 3 is 2.25 bits per heavy atom. The van der Waals surface area contributed by atoms with Gasteiger partial charge in [0.05, 0.1) is 12.1 Å². The van der Waals surface area contributed by atoms with Gasteiger partial charge in [-0.05, 0) is 20.8 Å². The van der Waals surface area contributed by atoms with E-state index in [9.17, 15) is 4.79 Å². The molecule has 2 aliphatic rings. The monoisotopic (exact) mass is 246 g/mol. The van der Waals surface area contributed by atoms with E-state index in [1.807, 2.05) is 25.7 Å². The van der Waals surface area contributed by atoms with Crippen molar-refractivity contribution in [1.29, 1.82) is 0 Å². The van der Waals surface area contributed by atoms with Crippen LogP contribution in [0.1, 0.15) is 20.8 Å². The topological polar surface area (TPSA) is 41.6 Å². The van der Waals surface area contributed by atoms with E-state index < -0.39 is 5.60 Å². The lowest BCUT2D eigenvalue weighted by Gasteiger charge is -2.36. The molecule has 1 fully saturated rings. The molecule has 0 aromatic heterocycles. The summed E-state index contributed by atoms with van der Waals surface area (Å²) < 4.78 is 5.38. The fourth-order valence-corrected chi connectivity index (χ4v) is 1.99.